The molecule has 0 aromatic heterocycles. The topological polar surface area (TPSA) is 365 Å². The predicted octanol–water partition coefficient (Wildman–Crippen LogP) is -2.95. The first-order valence-corrected chi connectivity index (χ1v) is 21.5. The number of carboxylic acid groups (broad SMARTS) is 2. The van der Waals surface area contributed by atoms with Gasteiger partial charge in [-0.25, -0.2) is 4.79 Å². The summed E-state index contributed by atoms with van der Waals surface area (Å²) >= 11 is 0. The highest BCUT2D eigenvalue weighted by atomic mass is 16.4. The van der Waals surface area contributed by atoms with Crippen molar-refractivity contribution in [3.05, 3.63) is 0 Å². The molecule has 10 atom stereocenters. The number of nitrogens with two attached hydrogens (primary N) is 1. The average Bonchev–Trinajstić information content (AvgIpc) is 3.68. The number of hydrogen-bond donors (Lipinski definition) is 12. The van der Waals surface area contributed by atoms with Crippen LogP contribution in [0, 0.1) is 23.7 Å². The van der Waals surface area contributed by atoms with Gasteiger partial charge in [0, 0.05) is 6.54 Å². The van der Waals surface area contributed by atoms with Crippen molar-refractivity contribution < 1.29 is 68.4 Å². The summed E-state index contributed by atoms with van der Waals surface area (Å²) in [6, 6.07) is -12.3. The van der Waals surface area contributed by atoms with Gasteiger partial charge in [-0.3, -0.25) is 43.2 Å². The molecule has 1 rings (SSSR count). The average molecular weight is 914 g/mol. The number of aliphatic carboxylic acids is 2. The molecule has 0 aromatic carbocycles. The molecule has 364 valence electrons. The van der Waals surface area contributed by atoms with Crippen molar-refractivity contribution in [1.82, 2.24) is 42.1 Å². The zero-order chi connectivity index (χ0) is 49.3. The van der Waals surface area contributed by atoms with Crippen molar-refractivity contribution in [1.29, 1.82) is 0 Å². The number of aliphatic hydroxyl groups excluding tert-OH is 2. The Balaban J connectivity index is 3.16. The van der Waals surface area contributed by atoms with E-state index in [0.717, 1.165) is 0 Å². The third kappa shape index (κ3) is 18.0. The number of carbonyl (C=O) groups is 10. The maximum Gasteiger partial charge on any atom is 0.326 e. The smallest absolute Gasteiger partial charge is 0.326 e. The monoisotopic (exact) mass is 914 g/mol. The van der Waals surface area contributed by atoms with E-state index in [1.165, 1.54) is 18.7 Å². The van der Waals surface area contributed by atoms with E-state index in [9.17, 15) is 68.4 Å². The van der Waals surface area contributed by atoms with Gasteiger partial charge in [0.15, 0.2) is 0 Å². The van der Waals surface area contributed by atoms with E-state index < -0.39 is 145 Å². The van der Waals surface area contributed by atoms with Crippen LogP contribution in [0.1, 0.15) is 101 Å². The van der Waals surface area contributed by atoms with Crippen molar-refractivity contribution in [2.45, 2.75) is 162 Å². The fraction of sp³-hybridized carbons (Fsp3) is 0.756. The fourth-order valence-electron chi connectivity index (χ4n) is 6.78. The van der Waals surface area contributed by atoms with Crippen molar-refractivity contribution in [3.63, 3.8) is 0 Å². The normalized spacial score (nSPS) is 18.1. The van der Waals surface area contributed by atoms with Gasteiger partial charge in [-0.15, -0.1) is 0 Å². The number of carbonyl (C=O) groups excluding carboxylic acids is 8. The molecule has 1 fully saturated rings. The zero-order valence-corrected chi connectivity index (χ0v) is 38.4. The third-order valence-corrected chi connectivity index (χ3v) is 10.3. The van der Waals surface area contributed by atoms with Crippen LogP contribution in [0.25, 0.3) is 0 Å². The van der Waals surface area contributed by atoms with Crippen LogP contribution in [0.4, 0.5) is 0 Å². The van der Waals surface area contributed by atoms with Crippen LogP contribution in [-0.4, -0.2) is 158 Å². The molecule has 0 unspecified atom stereocenters. The standard InChI is InChI=1S/C41H71N9O14/c1-18(2)14-24(42)34(56)49-32(23(10)52)39(61)45-26(16-29(53)54)35(57)43-22(9)33(55)47-30(20(5)6)40(62)50-13-11-12-28(50)38(60)44-25(15-19(3)4)36(58)46-27(17-51)37(59)48-31(21(7)8)41(63)64/h18-28,30-32,51-52H,11-17,42H2,1-10H3,(H,43,57)(H,44,60)(H,45,61)(H,46,58)(H,47,55)(H,48,59)(H,49,56)(H,53,54)(H,63,64)/t22-,23+,24-,25-,26-,27-,28-,30-,31-,32-/m0/s1. The van der Waals surface area contributed by atoms with E-state index in [4.69, 9.17) is 5.73 Å². The minimum absolute atomic E-state index is 0.0282. The van der Waals surface area contributed by atoms with Gasteiger partial charge in [-0.1, -0.05) is 55.4 Å². The number of rotatable bonds is 26. The number of carboxylic acids is 2. The Morgan fingerprint density at radius 2 is 1.09 bits per heavy atom. The molecule has 1 aliphatic heterocycles. The quantitative estimate of drug-likeness (QED) is 0.0413. The van der Waals surface area contributed by atoms with E-state index in [1.54, 1.807) is 41.5 Å². The van der Waals surface area contributed by atoms with Crippen LogP contribution in [0.2, 0.25) is 0 Å². The molecule has 0 aliphatic carbocycles. The van der Waals surface area contributed by atoms with Gasteiger partial charge in [0.1, 0.15) is 48.3 Å². The van der Waals surface area contributed by atoms with Crippen LogP contribution in [0.5, 0.6) is 0 Å². The number of nitrogens with zero attached hydrogens (tertiary/aromatic N) is 1. The summed E-state index contributed by atoms with van der Waals surface area (Å²) in [5, 5.41) is 55.8. The first kappa shape index (κ1) is 56.6. The molecule has 1 aliphatic rings. The van der Waals surface area contributed by atoms with Crippen molar-refractivity contribution >= 4 is 59.2 Å². The maximum atomic E-state index is 14.0. The van der Waals surface area contributed by atoms with Crippen molar-refractivity contribution in [2.75, 3.05) is 13.2 Å². The molecule has 13 N–H and O–H groups in total. The molecule has 23 heteroatoms. The molecule has 0 spiro atoms. The number of hydrogen-bond acceptors (Lipinski definition) is 13. The lowest BCUT2D eigenvalue weighted by atomic mass is 10.0. The van der Waals surface area contributed by atoms with E-state index >= 15 is 0 Å². The first-order chi connectivity index (χ1) is 29.6. The largest absolute Gasteiger partial charge is 0.481 e. The lowest BCUT2D eigenvalue weighted by Crippen LogP contribution is -2.61. The molecular weight excluding hydrogens is 842 g/mol. The molecule has 23 nitrogen and oxygen atoms in total. The van der Waals surface area contributed by atoms with Gasteiger partial charge >= 0.3 is 11.9 Å². The second-order valence-corrected chi connectivity index (χ2v) is 17.8. The Bertz CT molecular complexity index is 1670. The highest BCUT2D eigenvalue weighted by Crippen LogP contribution is 2.21. The molecule has 0 aromatic rings. The zero-order valence-electron chi connectivity index (χ0n) is 38.4. The predicted molar refractivity (Wildman–Crippen MR) is 229 cm³/mol. The highest BCUT2D eigenvalue weighted by Gasteiger charge is 2.41. The lowest BCUT2D eigenvalue weighted by molar-refractivity contribution is -0.144. The minimum Gasteiger partial charge on any atom is -0.481 e. The summed E-state index contributed by atoms with van der Waals surface area (Å²) < 4.78 is 0. The second kappa shape index (κ2) is 26.4. The van der Waals surface area contributed by atoms with Crippen LogP contribution >= 0.6 is 0 Å². The summed E-state index contributed by atoms with van der Waals surface area (Å²) in [6.07, 6.45) is -1.53. The fourth-order valence-corrected chi connectivity index (χ4v) is 6.78. The van der Waals surface area contributed by atoms with Gasteiger partial charge in [0.25, 0.3) is 0 Å². The minimum atomic E-state index is -1.78. The molecule has 1 heterocycles. The van der Waals surface area contributed by atoms with E-state index in [1.807, 2.05) is 13.8 Å². The van der Waals surface area contributed by atoms with Crippen molar-refractivity contribution in [2.24, 2.45) is 29.4 Å². The van der Waals surface area contributed by atoms with Gasteiger partial charge in [0.05, 0.1) is 25.2 Å². The Morgan fingerprint density at radius 3 is 1.58 bits per heavy atom. The van der Waals surface area contributed by atoms with E-state index in [-0.39, 0.29) is 37.6 Å². The van der Waals surface area contributed by atoms with Gasteiger partial charge in [-0.05, 0) is 63.2 Å². The van der Waals surface area contributed by atoms with Gasteiger partial charge < -0.3 is 68.3 Å². The van der Waals surface area contributed by atoms with E-state index in [2.05, 4.69) is 37.2 Å². The Morgan fingerprint density at radius 1 is 0.594 bits per heavy atom. The molecule has 64 heavy (non-hydrogen) atoms. The van der Waals surface area contributed by atoms with Crippen LogP contribution < -0.4 is 43.0 Å². The second-order valence-electron chi connectivity index (χ2n) is 17.8. The molecular formula is C41H71N9O14. The first-order valence-electron chi connectivity index (χ1n) is 21.5. The van der Waals surface area contributed by atoms with E-state index in [0.29, 0.717) is 6.42 Å². The molecule has 0 saturated carbocycles. The van der Waals surface area contributed by atoms with Crippen LogP contribution in [0.15, 0.2) is 0 Å². The Kier molecular flexibility index (Phi) is 23.3. The number of amides is 8. The number of likely N-dealkylation sites (tertiary alicyclic amines) is 1. The Hall–Kier alpha value is -5.42. The van der Waals surface area contributed by atoms with Gasteiger partial charge in [0.2, 0.25) is 47.3 Å². The summed E-state index contributed by atoms with van der Waals surface area (Å²) in [5.41, 5.74) is 5.89. The molecule has 1 saturated heterocycles. The summed E-state index contributed by atoms with van der Waals surface area (Å²) in [6.45, 7) is 15.2. The van der Waals surface area contributed by atoms with Crippen LogP contribution in [-0.2, 0) is 47.9 Å². The Labute approximate surface area is 373 Å². The molecule has 8 amide bonds. The maximum absolute atomic E-state index is 14.0. The molecule has 0 radical (unpaired) electrons. The summed E-state index contributed by atoms with van der Waals surface area (Å²) in [7, 11) is 0. The SMILES string of the molecule is CC(C)C[C@H](NC(=O)[C@@H]1CCCN1C(=O)[C@@H](NC(=O)[C@H](C)NC(=O)[C@H](CC(=O)O)NC(=O)[C@@H](NC(=O)[C@@H](N)CC(C)C)[C@@H](C)O)C(C)C)C(=O)N[C@@H](CO)C(=O)N[C@H](C(=O)O)C(C)C. The van der Waals surface area contributed by atoms with Crippen molar-refractivity contribution in [3.8, 4) is 0 Å². The third-order valence-electron chi connectivity index (χ3n) is 10.3. The highest BCUT2D eigenvalue weighted by molar-refractivity contribution is 5.99. The lowest BCUT2D eigenvalue weighted by Gasteiger charge is -2.32. The van der Waals surface area contributed by atoms with Crippen LogP contribution in [0.3, 0.4) is 0 Å². The number of nitrogens with one attached hydrogen (secondary N) is 7. The molecule has 0 bridgehead atoms. The summed E-state index contributed by atoms with van der Waals surface area (Å²) in [4.78, 5) is 131. The number of aliphatic hydroxyl groups is 2. The summed E-state index contributed by atoms with van der Waals surface area (Å²) in [5.74, 6) is -11.0. The van der Waals surface area contributed by atoms with Gasteiger partial charge in [-0.2, -0.15) is 0 Å².